The molecule has 0 radical (unpaired) electrons. The lowest BCUT2D eigenvalue weighted by Gasteiger charge is -2.32. The fourth-order valence-corrected chi connectivity index (χ4v) is 3.35. The van der Waals surface area contributed by atoms with E-state index in [1.54, 1.807) is 18.2 Å². The van der Waals surface area contributed by atoms with Crippen LogP contribution in [0.2, 0.25) is 0 Å². The van der Waals surface area contributed by atoms with Gasteiger partial charge in [0.1, 0.15) is 6.54 Å². The number of hydrogen-bond donors (Lipinski definition) is 1. The van der Waals surface area contributed by atoms with Crippen LogP contribution in [0.4, 0.5) is 0 Å². The van der Waals surface area contributed by atoms with Crippen molar-refractivity contribution in [2.24, 2.45) is 0 Å². The third kappa shape index (κ3) is 4.11. The van der Waals surface area contributed by atoms with Crippen LogP contribution < -0.4 is 5.32 Å². The minimum Gasteiger partial charge on any atom is -0.354 e. The van der Waals surface area contributed by atoms with Gasteiger partial charge in [-0.2, -0.15) is 0 Å². The van der Waals surface area contributed by atoms with E-state index >= 15 is 0 Å². The average molecular weight is 358 g/mol. The number of carbonyl (C=O) groups excluding carboxylic acids is 3. The molecule has 1 aromatic rings. The molecule has 3 amide bonds. The van der Waals surface area contributed by atoms with Crippen molar-refractivity contribution in [2.75, 3.05) is 52.9 Å². The van der Waals surface area contributed by atoms with Crippen LogP contribution in [0.25, 0.3) is 0 Å². The van der Waals surface area contributed by atoms with Gasteiger partial charge in [-0.3, -0.25) is 19.3 Å². The smallest absolute Gasteiger partial charge is 0.262 e. The summed E-state index contributed by atoms with van der Waals surface area (Å²) in [7, 11) is 2.12. The summed E-state index contributed by atoms with van der Waals surface area (Å²) in [5, 5.41) is 2.82. The molecule has 7 heteroatoms. The predicted octanol–water partition coefficient (Wildman–Crippen LogP) is 0.345. The quantitative estimate of drug-likeness (QED) is 0.587. The zero-order valence-electron chi connectivity index (χ0n) is 15.5. The first-order chi connectivity index (χ1) is 12.5. The topological polar surface area (TPSA) is 73.0 Å². The second kappa shape index (κ2) is 7.97. The molecule has 1 N–H and O–H groups in total. The molecule has 7 nitrogen and oxygen atoms in total. The van der Waals surface area contributed by atoms with E-state index in [-0.39, 0.29) is 18.4 Å². The van der Waals surface area contributed by atoms with Crippen molar-refractivity contribution in [3.05, 3.63) is 34.9 Å². The van der Waals surface area contributed by atoms with Crippen LogP contribution in [0.15, 0.2) is 18.2 Å². The summed E-state index contributed by atoms with van der Waals surface area (Å²) < 4.78 is 0. The molecular weight excluding hydrogens is 332 g/mol. The van der Waals surface area contributed by atoms with Crippen LogP contribution in [0, 0.1) is 6.92 Å². The van der Waals surface area contributed by atoms with Crippen LogP contribution >= 0.6 is 0 Å². The number of rotatable bonds is 6. The van der Waals surface area contributed by atoms with Gasteiger partial charge in [0, 0.05) is 32.7 Å². The maximum Gasteiger partial charge on any atom is 0.262 e. The number of nitrogens with one attached hydrogen (secondary N) is 1. The second-order valence-electron chi connectivity index (χ2n) is 7.09. The first-order valence-electron chi connectivity index (χ1n) is 9.10. The summed E-state index contributed by atoms with van der Waals surface area (Å²) in [6, 6.07) is 5.15. The Morgan fingerprint density at radius 3 is 2.50 bits per heavy atom. The Morgan fingerprint density at radius 1 is 1.08 bits per heavy atom. The Balaban J connectivity index is 1.43. The molecule has 3 rings (SSSR count). The van der Waals surface area contributed by atoms with Crippen LogP contribution in [0.1, 0.15) is 32.7 Å². The molecule has 0 aromatic heterocycles. The monoisotopic (exact) mass is 358 g/mol. The van der Waals surface area contributed by atoms with Gasteiger partial charge >= 0.3 is 0 Å². The summed E-state index contributed by atoms with van der Waals surface area (Å²) in [6.07, 6.45) is 0.858. The molecule has 0 spiro atoms. The highest BCUT2D eigenvalue weighted by molar-refractivity contribution is 6.22. The molecule has 140 valence electrons. The van der Waals surface area contributed by atoms with E-state index in [9.17, 15) is 14.4 Å². The SMILES string of the molecule is Cc1ccc2c(c1)C(=O)N(CC(=O)NCCCN1CCN(C)CC1)C2=O. The van der Waals surface area contributed by atoms with Crippen LogP contribution in [0.3, 0.4) is 0 Å². The fourth-order valence-electron chi connectivity index (χ4n) is 3.35. The largest absolute Gasteiger partial charge is 0.354 e. The number of amides is 3. The maximum atomic E-state index is 12.4. The fraction of sp³-hybridized carbons (Fsp3) is 0.526. The molecule has 26 heavy (non-hydrogen) atoms. The number of carbonyl (C=O) groups is 3. The summed E-state index contributed by atoms with van der Waals surface area (Å²) in [5.41, 5.74) is 1.68. The Bertz CT molecular complexity index is 711. The van der Waals surface area contributed by atoms with Gasteiger partial charge in [0.2, 0.25) is 5.91 Å². The first-order valence-corrected chi connectivity index (χ1v) is 9.10. The Kier molecular flexibility index (Phi) is 5.68. The molecule has 0 saturated carbocycles. The lowest BCUT2D eigenvalue weighted by molar-refractivity contribution is -0.121. The molecule has 0 bridgehead atoms. The summed E-state index contributed by atoms with van der Waals surface area (Å²) in [4.78, 5) is 42.6. The Labute approximate surface area is 153 Å². The maximum absolute atomic E-state index is 12.4. The average Bonchev–Trinajstić information content (AvgIpc) is 2.85. The molecule has 0 unspecified atom stereocenters. The molecule has 0 atom stereocenters. The van der Waals surface area contributed by atoms with Gasteiger partial charge in [-0.25, -0.2) is 0 Å². The standard InChI is InChI=1S/C19H26N4O3/c1-14-4-5-15-16(12-14)19(26)23(18(15)25)13-17(24)20-6-3-7-22-10-8-21(2)9-11-22/h4-5,12H,3,6-11,13H2,1-2H3,(H,20,24). The Morgan fingerprint density at radius 2 is 1.77 bits per heavy atom. The van der Waals surface area contributed by atoms with Crippen LogP contribution in [0.5, 0.6) is 0 Å². The van der Waals surface area contributed by atoms with Gasteiger partial charge in [-0.05, 0) is 39.1 Å². The van der Waals surface area contributed by atoms with Crippen molar-refractivity contribution >= 4 is 17.7 Å². The van der Waals surface area contributed by atoms with Gasteiger partial charge in [-0.1, -0.05) is 11.6 Å². The minimum absolute atomic E-state index is 0.222. The molecular formula is C19H26N4O3. The highest BCUT2D eigenvalue weighted by Gasteiger charge is 2.36. The number of imide groups is 1. The van der Waals surface area contributed by atoms with Crippen molar-refractivity contribution in [1.29, 1.82) is 0 Å². The van der Waals surface area contributed by atoms with E-state index in [0.29, 0.717) is 17.7 Å². The number of hydrogen-bond acceptors (Lipinski definition) is 5. The second-order valence-corrected chi connectivity index (χ2v) is 7.09. The van der Waals surface area contributed by atoms with Gasteiger partial charge in [0.15, 0.2) is 0 Å². The van der Waals surface area contributed by atoms with Crippen molar-refractivity contribution in [3.63, 3.8) is 0 Å². The minimum atomic E-state index is -0.391. The number of fused-ring (bicyclic) bond motifs is 1. The van der Waals surface area contributed by atoms with Gasteiger partial charge < -0.3 is 15.1 Å². The van der Waals surface area contributed by atoms with Crippen LogP contribution in [-0.4, -0.2) is 85.3 Å². The van der Waals surface area contributed by atoms with E-state index < -0.39 is 5.91 Å². The van der Waals surface area contributed by atoms with Crippen molar-refractivity contribution in [2.45, 2.75) is 13.3 Å². The first kappa shape index (κ1) is 18.5. The number of aryl methyl sites for hydroxylation is 1. The molecule has 2 aliphatic heterocycles. The van der Waals surface area contributed by atoms with E-state index in [1.807, 2.05) is 6.92 Å². The number of nitrogens with zero attached hydrogens (tertiary/aromatic N) is 3. The van der Waals surface area contributed by atoms with Crippen LogP contribution in [-0.2, 0) is 4.79 Å². The highest BCUT2D eigenvalue weighted by Crippen LogP contribution is 2.23. The van der Waals surface area contributed by atoms with E-state index in [2.05, 4.69) is 22.2 Å². The van der Waals surface area contributed by atoms with Crippen molar-refractivity contribution in [3.8, 4) is 0 Å². The predicted molar refractivity (Wildman–Crippen MR) is 98.1 cm³/mol. The zero-order valence-corrected chi connectivity index (χ0v) is 15.5. The highest BCUT2D eigenvalue weighted by atomic mass is 16.2. The van der Waals surface area contributed by atoms with Crippen molar-refractivity contribution < 1.29 is 14.4 Å². The molecule has 0 aliphatic carbocycles. The van der Waals surface area contributed by atoms with E-state index in [1.165, 1.54) is 0 Å². The lowest BCUT2D eigenvalue weighted by atomic mass is 10.1. The molecule has 1 fully saturated rings. The summed E-state index contributed by atoms with van der Waals surface area (Å²) in [5.74, 6) is -1.08. The third-order valence-corrected chi connectivity index (χ3v) is 5.00. The van der Waals surface area contributed by atoms with E-state index in [0.717, 1.165) is 49.6 Å². The van der Waals surface area contributed by atoms with Gasteiger partial charge in [0.05, 0.1) is 11.1 Å². The molecule has 2 heterocycles. The molecule has 1 saturated heterocycles. The number of piperazine rings is 1. The normalized spacial score (nSPS) is 18.3. The third-order valence-electron chi connectivity index (χ3n) is 5.00. The molecule has 1 aromatic carbocycles. The van der Waals surface area contributed by atoms with Gasteiger partial charge in [-0.15, -0.1) is 0 Å². The Hall–Kier alpha value is -2.25. The number of benzene rings is 1. The van der Waals surface area contributed by atoms with Crippen molar-refractivity contribution in [1.82, 2.24) is 20.0 Å². The van der Waals surface area contributed by atoms with Gasteiger partial charge in [0.25, 0.3) is 11.8 Å². The summed E-state index contributed by atoms with van der Waals surface area (Å²) in [6.45, 7) is 7.40. The summed E-state index contributed by atoms with van der Waals surface area (Å²) >= 11 is 0. The number of likely N-dealkylation sites (N-methyl/N-ethyl adjacent to an activating group) is 1. The zero-order chi connectivity index (χ0) is 18.7. The lowest BCUT2D eigenvalue weighted by Crippen LogP contribution is -2.45. The van der Waals surface area contributed by atoms with E-state index in [4.69, 9.17) is 0 Å². The molecule has 2 aliphatic rings.